The number of hydrogen-bond acceptors (Lipinski definition) is 2. The van der Waals surface area contributed by atoms with Gasteiger partial charge in [0.05, 0.1) is 0 Å². The van der Waals surface area contributed by atoms with Gasteiger partial charge in [0.1, 0.15) is 5.82 Å². The lowest BCUT2D eigenvalue weighted by Gasteiger charge is -2.36. The fourth-order valence-electron chi connectivity index (χ4n) is 3.32. The van der Waals surface area contributed by atoms with Gasteiger partial charge in [0.2, 0.25) is 5.91 Å². The van der Waals surface area contributed by atoms with Crippen LogP contribution in [-0.2, 0) is 4.79 Å². The van der Waals surface area contributed by atoms with Gasteiger partial charge < -0.3 is 10.6 Å². The minimum atomic E-state index is -0.224. The molecule has 0 spiro atoms. The monoisotopic (exact) mass is 276 g/mol. The molecule has 1 aromatic rings. The van der Waals surface area contributed by atoms with Crippen molar-refractivity contribution in [3.63, 3.8) is 0 Å². The normalized spacial score (nSPS) is 33.0. The van der Waals surface area contributed by atoms with Gasteiger partial charge in [0.25, 0.3) is 0 Å². The summed E-state index contributed by atoms with van der Waals surface area (Å²) in [4.78, 5) is 14.5. The number of hydrogen-bond donors (Lipinski definition) is 1. The largest absolute Gasteiger partial charge is 0.340 e. The van der Waals surface area contributed by atoms with Crippen LogP contribution >= 0.6 is 0 Å². The Morgan fingerprint density at radius 3 is 2.90 bits per heavy atom. The molecule has 2 aliphatic rings. The molecule has 20 heavy (non-hydrogen) atoms. The molecule has 2 N–H and O–H groups in total. The van der Waals surface area contributed by atoms with E-state index in [1.165, 1.54) is 6.07 Å². The molecule has 1 aliphatic carbocycles. The molecule has 0 unspecified atom stereocenters. The maximum Gasteiger partial charge on any atom is 0.226 e. The van der Waals surface area contributed by atoms with Gasteiger partial charge in [-0.25, -0.2) is 4.39 Å². The zero-order valence-electron chi connectivity index (χ0n) is 11.8. The zero-order valence-corrected chi connectivity index (χ0v) is 11.8. The Morgan fingerprint density at radius 1 is 1.40 bits per heavy atom. The molecule has 1 saturated heterocycles. The van der Waals surface area contributed by atoms with Crippen molar-refractivity contribution in [3.8, 4) is 0 Å². The van der Waals surface area contributed by atoms with E-state index in [4.69, 9.17) is 5.73 Å². The molecule has 1 aromatic carbocycles. The van der Waals surface area contributed by atoms with E-state index in [1.807, 2.05) is 11.0 Å². The zero-order chi connectivity index (χ0) is 14.3. The lowest BCUT2D eigenvalue weighted by atomic mass is 9.98. The number of carbonyl (C=O) groups excluding carboxylic acids is 1. The van der Waals surface area contributed by atoms with Crippen molar-refractivity contribution in [1.82, 2.24) is 4.90 Å². The van der Waals surface area contributed by atoms with Crippen LogP contribution in [0.1, 0.15) is 37.7 Å². The average molecular weight is 276 g/mol. The van der Waals surface area contributed by atoms with Gasteiger partial charge >= 0.3 is 0 Å². The maximum absolute atomic E-state index is 13.2. The number of piperidine rings is 1. The van der Waals surface area contributed by atoms with Crippen molar-refractivity contribution in [3.05, 3.63) is 35.6 Å². The van der Waals surface area contributed by atoms with E-state index in [0.717, 1.165) is 31.4 Å². The van der Waals surface area contributed by atoms with Crippen molar-refractivity contribution in [2.24, 2.45) is 11.7 Å². The van der Waals surface area contributed by atoms with Crippen LogP contribution in [-0.4, -0.2) is 29.4 Å². The molecule has 1 amide bonds. The van der Waals surface area contributed by atoms with Crippen molar-refractivity contribution < 1.29 is 9.18 Å². The van der Waals surface area contributed by atoms with Crippen LogP contribution in [0.5, 0.6) is 0 Å². The summed E-state index contributed by atoms with van der Waals surface area (Å²) < 4.78 is 13.2. The third kappa shape index (κ3) is 2.57. The summed E-state index contributed by atoms with van der Waals surface area (Å²) in [6, 6.07) is 7.06. The maximum atomic E-state index is 13.2. The van der Waals surface area contributed by atoms with Crippen LogP contribution in [0.3, 0.4) is 0 Å². The molecule has 3 rings (SSSR count). The smallest absolute Gasteiger partial charge is 0.226 e. The van der Waals surface area contributed by atoms with Crippen LogP contribution in [0.15, 0.2) is 24.3 Å². The molecule has 3 nitrogen and oxygen atoms in total. The highest BCUT2D eigenvalue weighted by atomic mass is 19.1. The van der Waals surface area contributed by atoms with E-state index in [9.17, 15) is 9.18 Å². The quantitative estimate of drug-likeness (QED) is 0.900. The van der Waals surface area contributed by atoms with Gasteiger partial charge in [-0.05, 0) is 49.8 Å². The molecule has 4 atom stereocenters. The predicted molar refractivity (Wildman–Crippen MR) is 75.6 cm³/mol. The lowest BCUT2D eigenvalue weighted by molar-refractivity contribution is -0.136. The third-order valence-corrected chi connectivity index (χ3v) is 4.58. The topological polar surface area (TPSA) is 46.3 Å². The first-order chi connectivity index (χ1) is 9.56. The predicted octanol–water partition coefficient (Wildman–Crippen LogP) is 2.27. The van der Waals surface area contributed by atoms with Crippen molar-refractivity contribution in [1.29, 1.82) is 0 Å². The fourth-order valence-corrected chi connectivity index (χ4v) is 3.32. The Kier molecular flexibility index (Phi) is 3.50. The van der Waals surface area contributed by atoms with Crippen molar-refractivity contribution >= 4 is 5.91 Å². The van der Waals surface area contributed by atoms with Crippen LogP contribution < -0.4 is 5.73 Å². The van der Waals surface area contributed by atoms with E-state index in [1.54, 1.807) is 12.1 Å². The fraction of sp³-hybridized carbons (Fsp3) is 0.562. The molecule has 1 heterocycles. The highest BCUT2D eigenvalue weighted by Gasteiger charge is 2.47. The molecule has 0 aromatic heterocycles. The molecule has 0 bridgehead atoms. The van der Waals surface area contributed by atoms with Crippen LogP contribution in [0.4, 0.5) is 4.39 Å². The Bertz CT molecular complexity index is 519. The van der Waals surface area contributed by atoms with Crippen LogP contribution in [0, 0.1) is 11.7 Å². The number of nitrogens with two attached hydrogens (primary N) is 1. The van der Waals surface area contributed by atoms with Gasteiger partial charge in [-0.2, -0.15) is 0 Å². The Balaban J connectivity index is 1.65. The summed E-state index contributed by atoms with van der Waals surface area (Å²) in [5.74, 6) is 0.228. The summed E-state index contributed by atoms with van der Waals surface area (Å²) in [5.41, 5.74) is 6.88. The van der Waals surface area contributed by atoms with Crippen molar-refractivity contribution in [2.75, 3.05) is 6.54 Å². The Labute approximate surface area is 118 Å². The minimum Gasteiger partial charge on any atom is -0.340 e. The first kappa shape index (κ1) is 13.6. The van der Waals surface area contributed by atoms with Crippen LogP contribution in [0.25, 0.3) is 0 Å². The molecule has 1 saturated carbocycles. The number of halogens is 1. The van der Waals surface area contributed by atoms with Gasteiger partial charge in [0, 0.05) is 24.5 Å². The molecule has 4 heteroatoms. The minimum absolute atomic E-state index is 0.0357. The Morgan fingerprint density at radius 2 is 2.20 bits per heavy atom. The Hall–Kier alpha value is -1.42. The number of amides is 1. The molecule has 2 fully saturated rings. The molecule has 0 radical (unpaired) electrons. The first-order valence-electron chi connectivity index (χ1n) is 7.38. The van der Waals surface area contributed by atoms with E-state index >= 15 is 0 Å². The second-order valence-electron chi connectivity index (χ2n) is 6.17. The summed E-state index contributed by atoms with van der Waals surface area (Å²) in [7, 11) is 0. The second kappa shape index (κ2) is 5.17. The van der Waals surface area contributed by atoms with Gasteiger partial charge in [-0.3, -0.25) is 4.79 Å². The van der Waals surface area contributed by atoms with E-state index in [-0.39, 0.29) is 35.6 Å². The van der Waals surface area contributed by atoms with Crippen LogP contribution in [0.2, 0.25) is 0 Å². The van der Waals surface area contributed by atoms with Gasteiger partial charge in [-0.1, -0.05) is 12.1 Å². The summed E-state index contributed by atoms with van der Waals surface area (Å²) >= 11 is 0. The van der Waals surface area contributed by atoms with Gasteiger partial charge in [-0.15, -0.1) is 0 Å². The SMILES string of the molecule is C[C@@H]1C[C@H](N)CCN1C(=O)[C@H]1C[C@@H]1c1cccc(F)c1. The van der Waals surface area contributed by atoms with E-state index in [0.29, 0.717) is 0 Å². The highest BCUT2D eigenvalue weighted by molar-refractivity contribution is 5.83. The number of nitrogens with zero attached hydrogens (tertiary/aromatic N) is 1. The summed E-state index contributed by atoms with van der Waals surface area (Å²) in [5, 5.41) is 0. The molecule has 1 aliphatic heterocycles. The lowest BCUT2D eigenvalue weighted by Crippen LogP contribution is -2.49. The number of likely N-dealkylation sites (tertiary alicyclic amines) is 1. The van der Waals surface area contributed by atoms with E-state index < -0.39 is 0 Å². The average Bonchev–Trinajstić information content (AvgIpc) is 3.18. The standard InChI is InChI=1S/C16H21FN2O/c1-10-7-13(18)5-6-19(10)16(20)15-9-14(15)11-3-2-4-12(17)8-11/h2-4,8,10,13-15H,5-7,9,18H2,1H3/t10-,13-,14-,15+/m1/s1. The highest BCUT2D eigenvalue weighted by Crippen LogP contribution is 2.49. The summed E-state index contributed by atoms with van der Waals surface area (Å²) in [6.07, 6.45) is 2.61. The van der Waals surface area contributed by atoms with Gasteiger partial charge in [0.15, 0.2) is 0 Å². The molecular weight excluding hydrogens is 255 g/mol. The summed E-state index contributed by atoms with van der Waals surface area (Å²) in [6.45, 7) is 2.82. The second-order valence-corrected chi connectivity index (χ2v) is 6.17. The number of rotatable bonds is 2. The number of benzene rings is 1. The van der Waals surface area contributed by atoms with Crippen molar-refractivity contribution in [2.45, 2.75) is 44.2 Å². The van der Waals surface area contributed by atoms with E-state index in [2.05, 4.69) is 6.92 Å². The molecule has 108 valence electrons. The molecular formula is C16H21FN2O. The third-order valence-electron chi connectivity index (χ3n) is 4.58. The first-order valence-corrected chi connectivity index (χ1v) is 7.38. The number of carbonyl (C=O) groups is 1.